The average Bonchev–Trinajstić information content (AvgIpc) is 3.08. The third-order valence-corrected chi connectivity index (χ3v) is 5.45. The van der Waals surface area contributed by atoms with Gasteiger partial charge in [-0.1, -0.05) is 12.1 Å². The summed E-state index contributed by atoms with van der Waals surface area (Å²) in [6.07, 6.45) is 2.56. The van der Waals surface area contributed by atoms with Crippen LogP contribution in [-0.2, 0) is 29.0 Å². The SMILES string of the molecule is O=C(Cn1c(=O)oc2ccccc21)N1CCc2cnc(N3CCOCC3)nc2C1. The summed E-state index contributed by atoms with van der Waals surface area (Å²) >= 11 is 0. The summed E-state index contributed by atoms with van der Waals surface area (Å²) in [5, 5.41) is 0. The fourth-order valence-electron chi connectivity index (χ4n) is 3.82. The molecule has 29 heavy (non-hydrogen) atoms. The number of hydrogen-bond acceptors (Lipinski definition) is 7. The molecule has 0 bridgehead atoms. The zero-order valence-electron chi connectivity index (χ0n) is 15.9. The number of amides is 1. The zero-order chi connectivity index (χ0) is 19.8. The van der Waals surface area contributed by atoms with E-state index in [9.17, 15) is 9.59 Å². The van der Waals surface area contributed by atoms with Crippen molar-refractivity contribution < 1.29 is 13.9 Å². The molecule has 150 valence electrons. The molecule has 0 atom stereocenters. The van der Waals surface area contributed by atoms with Crippen molar-refractivity contribution in [3.05, 3.63) is 52.3 Å². The first kappa shape index (κ1) is 17.9. The molecule has 0 saturated carbocycles. The molecule has 2 aliphatic heterocycles. The lowest BCUT2D eigenvalue weighted by Gasteiger charge is -2.30. The molecular formula is C20H21N5O4. The summed E-state index contributed by atoms with van der Waals surface area (Å²) in [5.74, 6) is 0.0307. The van der Waals surface area contributed by atoms with Crippen LogP contribution in [0, 0.1) is 0 Å². The van der Waals surface area contributed by atoms with E-state index < -0.39 is 5.76 Å². The van der Waals surface area contributed by atoms with Crippen molar-refractivity contribution in [2.45, 2.75) is 19.5 Å². The van der Waals surface area contributed by atoms with E-state index in [2.05, 4.69) is 9.88 Å². The van der Waals surface area contributed by atoms with Gasteiger partial charge in [-0.2, -0.15) is 0 Å². The second-order valence-electron chi connectivity index (χ2n) is 7.23. The predicted octanol–water partition coefficient (Wildman–Crippen LogP) is 0.806. The van der Waals surface area contributed by atoms with Crippen LogP contribution in [0.25, 0.3) is 11.1 Å². The highest BCUT2D eigenvalue weighted by Crippen LogP contribution is 2.20. The van der Waals surface area contributed by atoms with Crippen molar-refractivity contribution in [1.82, 2.24) is 19.4 Å². The maximum Gasteiger partial charge on any atom is 0.420 e. The van der Waals surface area contributed by atoms with Crippen LogP contribution in [0.15, 0.2) is 39.7 Å². The van der Waals surface area contributed by atoms with E-state index in [1.165, 1.54) is 4.57 Å². The monoisotopic (exact) mass is 395 g/mol. The van der Waals surface area contributed by atoms with Gasteiger partial charge in [0.05, 0.1) is 31.0 Å². The molecule has 9 heteroatoms. The van der Waals surface area contributed by atoms with E-state index in [0.717, 1.165) is 24.3 Å². The molecule has 3 aromatic rings. The van der Waals surface area contributed by atoms with Crippen LogP contribution in [0.2, 0.25) is 0 Å². The van der Waals surface area contributed by atoms with Crippen LogP contribution < -0.4 is 10.7 Å². The number of rotatable bonds is 3. The van der Waals surface area contributed by atoms with Gasteiger partial charge in [0.2, 0.25) is 11.9 Å². The minimum absolute atomic E-state index is 0.0490. The Morgan fingerprint density at radius 3 is 2.83 bits per heavy atom. The standard InChI is InChI=1S/C20H21N5O4/c26-18(13-25-16-3-1-2-4-17(16)29-20(25)27)24-6-5-14-11-21-19(22-15(14)12-24)23-7-9-28-10-8-23/h1-4,11H,5-10,12-13H2. The van der Waals surface area contributed by atoms with Crippen LogP contribution in [0.1, 0.15) is 11.3 Å². The van der Waals surface area contributed by atoms with Crippen LogP contribution >= 0.6 is 0 Å². The molecular weight excluding hydrogens is 374 g/mol. The average molecular weight is 395 g/mol. The summed E-state index contributed by atoms with van der Waals surface area (Å²) in [4.78, 5) is 38.1. The molecule has 0 aliphatic carbocycles. The first-order valence-electron chi connectivity index (χ1n) is 9.73. The molecule has 1 saturated heterocycles. The quantitative estimate of drug-likeness (QED) is 0.648. The molecule has 2 aromatic heterocycles. The second-order valence-corrected chi connectivity index (χ2v) is 7.23. The van der Waals surface area contributed by atoms with Gasteiger partial charge in [0.15, 0.2) is 5.58 Å². The minimum Gasteiger partial charge on any atom is -0.408 e. The van der Waals surface area contributed by atoms with Crippen molar-refractivity contribution >= 4 is 23.0 Å². The Balaban J connectivity index is 1.35. The van der Waals surface area contributed by atoms with E-state index in [0.29, 0.717) is 49.8 Å². The van der Waals surface area contributed by atoms with Gasteiger partial charge in [0.1, 0.15) is 6.54 Å². The van der Waals surface area contributed by atoms with Gasteiger partial charge in [-0.3, -0.25) is 9.36 Å². The van der Waals surface area contributed by atoms with Gasteiger partial charge >= 0.3 is 5.76 Å². The van der Waals surface area contributed by atoms with Crippen molar-refractivity contribution in [3.8, 4) is 0 Å². The van der Waals surface area contributed by atoms with Gasteiger partial charge in [-0.05, 0) is 24.1 Å². The summed E-state index contributed by atoms with van der Waals surface area (Å²) < 4.78 is 12.0. The Morgan fingerprint density at radius 1 is 1.14 bits per heavy atom. The Morgan fingerprint density at radius 2 is 1.97 bits per heavy atom. The van der Waals surface area contributed by atoms with Crippen LogP contribution in [-0.4, -0.2) is 58.2 Å². The third kappa shape index (κ3) is 3.38. The molecule has 0 N–H and O–H groups in total. The van der Waals surface area contributed by atoms with Gasteiger partial charge < -0.3 is 19.0 Å². The van der Waals surface area contributed by atoms with Crippen LogP contribution in [0.5, 0.6) is 0 Å². The zero-order valence-corrected chi connectivity index (χ0v) is 15.9. The number of anilines is 1. The number of morpholine rings is 1. The Hall–Kier alpha value is -3.20. The minimum atomic E-state index is -0.520. The first-order valence-corrected chi connectivity index (χ1v) is 9.73. The predicted molar refractivity (Wildman–Crippen MR) is 105 cm³/mol. The van der Waals surface area contributed by atoms with Crippen molar-refractivity contribution in [1.29, 1.82) is 0 Å². The number of carbonyl (C=O) groups excluding carboxylic acids is 1. The number of fused-ring (bicyclic) bond motifs is 2. The number of nitrogens with zero attached hydrogens (tertiary/aromatic N) is 5. The first-order chi connectivity index (χ1) is 14.2. The highest BCUT2D eigenvalue weighted by atomic mass is 16.5. The molecule has 1 amide bonds. The molecule has 1 fully saturated rings. The highest BCUT2D eigenvalue weighted by Gasteiger charge is 2.25. The fraction of sp³-hybridized carbons (Fsp3) is 0.400. The van der Waals surface area contributed by atoms with Crippen LogP contribution in [0.4, 0.5) is 5.95 Å². The van der Waals surface area contributed by atoms with Gasteiger partial charge in [-0.15, -0.1) is 0 Å². The Labute approximate surface area is 166 Å². The number of hydrogen-bond donors (Lipinski definition) is 0. The summed E-state index contributed by atoms with van der Waals surface area (Å²) in [6, 6.07) is 7.12. The van der Waals surface area contributed by atoms with E-state index in [1.54, 1.807) is 23.1 Å². The number of carbonyl (C=O) groups is 1. The molecule has 9 nitrogen and oxygen atoms in total. The third-order valence-electron chi connectivity index (χ3n) is 5.45. The second kappa shape index (κ2) is 7.32. The molecule has 0 unspecified atom stereocenters. The van der Waals surface area contributed by atoms with Crippen molar-refractivity contribution in [3.63, 3.8) is 0 Å². The summed E-state index contributed by atoms with van der Waals surface area (Å²) in [7, 11) is 0. The maximum atomic E-state index is 12.9. The Bertz CT molecular complexity index is 1120. The molecule has 4 heterocycles. The van der Waals surface area contributed by atoms with Gasteiger partial charge in [-0.25, -0.2) is 14.8 Å². The largest absolute Gasteiger partial charge is 0.420 e. The lowest BCUT2D eigenvalue weighted by atomic mass is 10.1. The number of benzene rings is 1. The van der Waals surface area contributed by atoms with E-state index in [4.69, 9.17) is 14.1 Å². The fourth-order valence-corrected chi connectivity index (χ4v) is 3.82. The molecule has 0 spiro atoms. The van der Waals surface area contributed by atoms with Gasteiger partial charge in [0, 0.05) is 25.8 Å². The number of oxazole rings is 1. The topological polar surface area (TPSA) is 93.7 Å². The molecule has 1 aromatic carbocycles. The molecule has 2 aliphatic rings. The van der Waals surface area contributed by atoms with E-state index in [-0.39, 0.29) is 12.5 Å². The normalized spacial score (nSPS) is 16.8. The summed E-state index contributed by atoms with van der Waals surface area (Å²) in [6.45, 7) is 3.80. The number of para-hydroxylation sites is 2. The smallest absolute Gasteiger partial charge is 0.408 e. The molecule has 0 radical (unpaired) electrons. The van der Waals surface area contributed by atoms with Crippen molar-refractivity contribution in [2.75, 3.05) is 37.7 Å². The van der Waals surface area contributed by atoms with E-state index in [1.807, 2.05) is 12.3 Å². The Kier molecular flexibility index (Phi) is 4.51. The van der Waals surface area contributed by atoms with Gasteiger partial charge in [0.25, 0.3) is 0 Å². The maximum absolute atomic E-state index is 12.9. The number of ether oxygens (including phenoxy) is 1. The lowest BCUT2D eigenvalue weighted by Crippen LogP contribution is -2.41. The van der Waals surface area contributed by atoms with Crippen molar-refractivity contribution in [2.24, 2.45) is 0 Å². The highest BCUT2D eigenvalue weighted by molar-refractivity contribution is 5.79. The lowest BCUT2D eigenvalue weighted by molar-refractivity contribution is -0.132. The molecule has 5 rings (SSSR count). The summed E-state index contributed by atoms with van der Waals surface area (Å²) in [5.41, 5.74) is 3.04. The van der Waals surface area contributed by atoms with Crippen LogP contribution in [0.3, 0.4) is 0 Å². The number of aromatic nitrogens is 3. The van der Waals surface area contributed by atoms with E-state index >= 15 is 0 Å².